The number of benzene rings is 1. The first-order chi connectivity index (χ1) is 8.11. The first kappa shape index (κ1) is 12.8. The monoisotopic (exact) mass is 294 g/mol. The highest BCUT2D eigenvalue weighted by Gasteiger charge is 2.31. The molecule has 1 aliphatic carbocycles. The number of Topliss-reactive ketones (excluding diaryl/α,β-unsaturated/α-hetero) is 1. The van der Waals surface area contributed by atoms with Crippen molar-refractivity contribution in [2.24, 2.45) is 11.8 Å². The number of hydrogen-bond acceptors (Lipinski definition) is 1. The van der Waals surface area contributed by atoms with Crippen LogP contribution in [0.15, 0.2) is 22.7 Å². The summed E-state index contributed by atoms with van der Waals surface area (Å²) < 4.78 is 1.01. The SMILES string of the molecule is CCCC(C)CC1Cc2ccc(Br)cc2C1=O. The molecule has 2 unspecified atom stereocenters. The van der Waals surface area contributed by atoms with E-state index < -0.39 is 0 Å². The molecule has 0 radical (unpaired) electrons. The molecule has 0 spiro atoms. The average molecular weight is 295 g/mol. The van der Waals surface area contributed by atoms with Crippen LogP contribution in [-0.4, -0.2) is 5.78 Å². The molecule has 1 aliphatic rings. The van der Waals surface area contributed by atoms with Gasteiger partial charge in [-0.2, -0.15) is 0 Å². The molecular weight excluding hydrogens is 276 g/mol. The van der Waals surface area contributed by atoms with Gasteiger partial charge in [0.05, 0.1) is 0 Å². The smallest absolute Gasteiger partial charge is 0.166 e. The van der Waals surface area contributed by atoms with Crippen molar-refractivity contribution in [2.45, 2.75) is 39.5 Å². The highest BCUT2D eigenvalue weighted by Crippen LogP contribution is 2.33. The van der Waals surface area contributed by atoms with E-state index in [1.54, 1.807) is 0 Å². The Hall–Kier alpha value is -0.630. The van der Waals surface area contributed by atoms with Crippen molar-refractivity contribution in [1.29, 1.82) is 0 Å². The quantitative estimate of drug-likeness (QED) is 0.791. The van der Waals surface area contributed by atoms with Crippen molar-refractivity contribution in [2.75, 3.05) is 0 Å². The molecule has 17 heavy (non-hydrogen) atoms. The highest BCUT2D eigenvalue weighted by atomic mass is 79.9. The van der Waals surface area contributed by atoms with Gasteiger partial charge < -0.3 is 0 Å². The summed E-state index contributed by atoms with van der Waals surface area (Å²) in [4.78, 5) is 12.3. The third-order valence-electron chi connectivity index (χ3n) is 3.64. The normalized spacial score (nSPS) is 20.4. The number of halogens is 1. The van der Waals surface area contributed by atoms with Crippen molar-refractivity contribution in [3.8, 4) is 0 Å². The van der Waals surface area contributed by atoms with E-state index in [2.05, 4.69) is 35.8 Å². The van der Waals surface area contributed by atoms with E-state index in [4.69, 9.17) is 0 Å². The van der Waals surface area contributed by atoms with Crippen LogP contribution in [0.1, 0.15) is 49.0 Å². The molecular formula is C15H19BrO. The molecule has 1 nitrogen and oxygen atoms in total. The molecule has 2 heteroatoms. The van der Waals surface area contributed by atoms with Crippen LogP contribution in [0.25, 0.3) is 0 Å². The fourth-order valence-electron chi connectivity index (χ4n) is 2.82. The Kier molecular flexibility index (Phi) is 4.03. The van der Waals surface area contributed by atoms with Gasteiger partial charge in [0.2, 0.25) is 0 Å². The summed E-state index contributed by atoms with van der Waals surface area (Å²) in [7, 11) is 0. The zero-order chi connectivity index (χ0) is 12.4. The zero-order valence-corrected chi connectivity index (χ0v) is 12.1. The number of carbonyl (C=O) groups excluding carboxylic acids is 1. The molecule has 0 heterocycles. The highest BCUT2D eigenvalue weighted by molar-refractivity contribution is 9.10. The molecule has 0 aromatic heterocycles. The third kappa shape index (κ3) is 2.79. The Morgan fingerprint density at radius 1 is 1.47 bits per heavy atom. The van der Waals surface area contributed by atoms with E-state index in [1.165, 1.54) is 18.4 Å². The lowest BCUT2D eigenvalue weighted by molar-refractivity contribution is 0.0919. The standard InChI is InChI=1S/C15H19BrO/c1-3-4-10(2)7-12-8-11-5-6-13(16)9-14(11)15(12)17/h5-6,9-10,12H,3-4,7-8H2,1-2H3. The van der Waals surface area contributed by atoms with Crippen molar-refractivity contribution in [3.63, 3.8) is 0 Å². The molecule has 92 valence electrons. The van der Waals surface area contributed by atoms with Gasteiger partial charge in [0.25, 0.3) is 0 Å². The molecule has 1 aromatic rings. The Bertz CT molecular complexity index is 425. The van der Waals surface area contributed by atoms with Gasteiger partial charge in [-0.1, -0.05) is 48.7 Å². The molecule has 0 saturated carbocycles. The largest absolute Gasteiger partial charge is 0.294 e. The second-order valence-corrected chi connectivity index (χ2v) is 6.11. The maximum atomic E-state index is 12.3. The molecule has 0 bridgehead atoms. The van der Waals surface area contributed by atoms with Gasteiger partial charge in [0, 0.05) is 16.0 Å². The van der Waals surface area contributed by atoms with E-state index >= 15 is 0 Å². The van der Waals surface area contributed by atoms with E-state index in [-0.39, 0.29) is 5.92 Å². The van der Waals surface area contributed by atoms with E-state index in [0.717, 1.165) is 22.9 Å². The van der Waals surface area contributed by atoms with Crippen LogP contribution in [0.3, 0.4) is 0 Å². The molecule has 2 atom stereocenters. The minimum absolute atomic E-state index is 0.223. The summed E-state index contributed by atoms with van der Waals surface area (Å²) in [6.07, 6.45) is 4.42. The number of rotatable bonds is 4. The van der Waals surface area contributed by atoms with Crippen LogP contribution < -0.4 is 0 Å². The van der Waals surface area contributed by atoms with Crippen molar-refractivity contribution >= 4 is 21.7 Å². The summed E-state index contributed by atoms with van der Waals surface area (Å²) in [6, 6.07) is 6.09. The van der Waals surface area contributed by atoms with E-state index in [1.807, 2.05) is 12.1 Å². The molecule has 0 saturated heterocycles. The van der Waals surface area contributed by atoms with Crippen molar-refractivity contribution < 1.29 is 4.79 Å². The van der Waals surface area contributed by atoms with Gasteiger partial charge in [-0.25, -0.2) is 0 Å². The van der Waals surface area contributed by atoms with Gasteiger partial charge in [-0.15, -0.1) is 0 Å². The van der Waals surface area contributed by atoms with Gasteiger partial charge in [-0.3, -0.25) is 4.79 Å². The predicted molar refractivity (Wildman–Crippen MR) is 74.4 cm³/mol. The van der Waals surface area contributed by atoms with Gasteiger partial charge in [0.15, 0.2) is 5.78 Å². The molecule has 0 amide bonds. The summed E-state index contributed by atoms with van der Waals surface area (Å²) in [5.74, 6) is 1.23. The fraction of sp³-hybridized carbons (Fsp3) is 0.533. The summed E-state index contributed by atoms with van der Waals surface area (Å²) >= 11 is 3.44. The number of carbonyl (C=O) groups is 1. The second kappa shape index (κ2) is 5.34. The summed E-state index contributed by atoms with van der Waals surface area (Å²) in [6.45, 7) is 4.47. The minimum Gasteiger partial charge on any atom is -0.294 e. The molecule has 0 N–H and O–H groups in total. The van der Waals surface area contributed by atoms with E-state index in [0.29, 0.717) is 11.7 Å². The Labute approximate surface area is 112 Å². The predicted octanol–water partition coefficient (Wildman–Crippen LogP) is 4.63. The number of ketones is 1. The van der Waals surface area contributed by atoms with Crippen LogP contribution in [0.5, 0.6) is 0 Å². The van der Waals surface area contributed by atoms with Crippen LogP contribution >= 0.6 is 15.9 Å². The van der Waals surface area contributed by atoms with Crippen LogP contribution in [0.4, 0.5) is 0 Å². The second-order valence-electron chi connectivity index (χ2n) is 5.20. The average Bonchev–Trinajstić information content (AvgIpc) is 2.57. The maximum Gasteiger partial charge on any atom is 0.166 e. The third-order valence-corrected chi connectivity index (χ3v) is 4.14. The maximum absolute atomic E-state index is 12.3. The van der Waals surface area contributed by atoms with Crippen LogP contribution in [0.2, 0.25) is 0 Å². The lowest BCUT2D eigenvalue weighted by Gasteiger charge is -2.14. The summed E-state index contributed by atoms with van der Waals surface area (Å²) in [5, 5.41) is 0. The molecule has 0 aliphatic heterocycles. The fourth-order valence-corrected chi connectivity index (χ4v) is 3.18. The topological polar surface area (TPSA) is 17.1 Å². The van der Waals surface area contributed by atoms with Crippen molar-refractivity contribution in [3.05, 3.63) is 33.8 Å². The Balaban J connectivity index is 2.09. The van der Waals surface area contributed by atoms with Gasteiger partial charge >= 0.3 is 0 Å². The molecule has 0 fully saturated rings. The van der Waals surface area contributed by atoms with Gasteiger partial charge in [-0.05, 0) is 36.5 Å². The van der Waals surface area contributed by atoms with Crippen LogP contribution in [-0.2, 0) is 6.42 Å². The van der Waals surface area contributed by atoms with E-state index in [9.17, 15) is 4.79 Å². The Morgan fingerprint density at radius 3 is 2.94 bits per heavy atom. The van der Waals surface area contributed by atoms with Gasteiger partial charge in [0.1, 0.15) is 0 Å². The van der Waals surface area contributed by atoms with Crippen LogP contribution in [0, 0.1) is 11.8 Å². The Morgan fingerprint density at radius 2 is 2.24 bits per heavy atom. The number of fused-ring (bicyclic) bond motifs is 1. The lowest BCUT2D eigenvalue weighted by Crippen LogP contribution is -2.13. The minimum atomic E-state index is 0.223. The molecule has 1 aromatic carbocycles. The number of hydrogen-bond donors (Lipinski definition) is 0. The first-order valence-corrected chi connectivity index (χ1v) is 7.23. The molecule has 2 rings (SSSR count). The summed E-state index contributed by atoms with van der Waals surface area (Å²) in [5.41, 5.74) is 2.17. The lowest BCUT2D eigenvalue weighted by atomic mass is 9.90. The van der Waals surface area contributed by atoms with Crippen molar-refractivity contribution in [1.82, 2.24) is 0 Å². The zero-order valence-electron chi connectivity index (χ0n) is 10.5. The first-order valence-electron chi connectivity index (χ1n) is 6.44.